The molecule has 1 heterocycles. The molecule has 1 aromatic carbocycles. The Bertz CT molecular complexity index is 623. The number of nitriles is 1. The van der Waals surface area contributed by atoms with Gasteiger partial charge in [0.25, 0.3) is 0 Å². The number of benzene rings is 1. The van der Waals surface area contributed by atoms with Crippen LogP contribution in [0.15, 0.2) is 18.2 Å². The minimum Gasteiger partial charge on any atom is -0.535 e. The topological polar surface area (TPSA) is 87.4 Å². The number of rotatable bonds is 6. The molecule has 0 amide bonds. The third-order valence-corrected chi connectivity index (χ3v) is 3.83. The van der Waals surface area contributed by atoms with Crippen molar-refractivity contribution in [1.29, 1.82) is 5.26 Å². The standard InChI is InChI=1S/C16H18BNO4/c1-11(19)15-7-4-5-12-9-13(17(21)22-16(12)15)10-14(20)6-2-3-8-18/h4-5,7,13,21H,2-3,6,9-10H2,1H3/t13-/m1/s1. The fourth-order valence-corrected chi connectivity index (χ4v) is 2.69. The Morgan fingerprint density at radius 2 is 2.27 bits per heavy atom. The highest BCUT2D eigenvalue weighted by molar-refractivity contribution is 6.47. The van der Waals surface area contributed by atoms with Gasteiger partial charge in [0.05, 0.1) is 11.6 Å². The average Bonchev–Trinajstić information content (AvgIpc) is 2.47. The maximum atomic E-state index is 11.9. The molecule has 0 unspecified atom stereocenters. The van der Waals surface area contributed by atoms with Crippen LogP contribution >= 0.6 is 0 Å². The first-order valence-corrected chi connectivity index (χ1v) is 7.39. The van der Waals surface area contributed by atoms with Gasteiger partial charge in [-0.15, -0.1) is 0 Å². The molecule has 0 saturated heterocycles. The van der Waals surface area contributed by atoms with Gasteiger partial charge in [-0.05, 0) is 31.4 Å². The fourth-order valence-electron chi connectivity index (χ4n) is 2.69. The summed E-state index contributed by atoms with van der Waals surface area (Å²) in [6, 6.07) is 7.30. The maximum absolute atomic E-state index is 11.9. The van der Waals surface area contributed by atoms with Crippen LogP contribution in [0.2, 0.25) is 5.82 Å². The monoisotopic (exact) mass is 299 g/mol. The van der Waals surface area contributed by atoms with Gasteiger partial charge in [-0.1, -0.05) is 12.1 Å². The molecule has 1 atom stereocenters. The van der Waals surface area contributed by atoms with Gasteiger partial charge in [0.2, 0.25) is 0 Å². The minimum atomic E-state index is -1.09. The van der Waals surface area contributed by atoms with Crippen LogP contribution in [-0.4, -0.2) is 23.7 Å². The Labute approximate surface area is 130 Å². The molecule has 0 saturated carbocycles. The van der Waals surface area contributed by atoms with Crippen LogP contribution in [0.4, 0.5) is 0 Å². The van der Waals surface area contributed by atoms with Gasteiger partial charge < -0.3 is 9.68 Å². The van der Waals surface area contributed by atoms with Crippen molar-refractivity contribution in [2.75, 3.05) is 0 Å². The minimum absolute atomic E-state index is 0.0223. The number of carbonyl (C=O) groups excluding carboxylic acids is 2. The molecule has 0 radical (unpaired) electrons. The number of ketones is 2. The molecule has 0 fully saturated rings. The number of unbranched alkanes of at least 4 members (excludes halogenated alkanes) is 1. The van der Waals surface area contributed by atoms with E-state index < -0.39 is 7.12 Å². The van der Waals surface area contributed by atoms with Gasteiger partial charge in [-0.3, -0.25) is 9.59 Å². The molecular formula is C16H18BNO4. The fraction of sp³-hybridized carbons (Fsp3) is 0.438. The molecule has 2 rings (SSSR count). The predicted octanol–water partition coefficient (Wildman–Crippen LogP) is 2.33. The summed E-state index contributed by atoms with van der Waals surface area (Å²) in [5.74, 6) is 0.0177. The van der Waals surface area contributed by atoms with E-state index in [1.807, 2.05) is 12.1 Å². The number of fused-ring (bicyclic) bond motifs is 1. The van der Waals surface area contributed by atoms with Gasteiger partial charge in [0, 0.05) is 25.1 Å². The molecule has 0 aliphatic carbocycles. The van der Waals surface area contributed by atoms with Crippen molar-refractivity contribution < 1.29 is 19.3 Å². The van der Waals surface area contributed by atoms with E-state index in [2.05, 4.69) is 0 Å². The Kier molecular flexibility index (Phi) is 5.34. The Morgan fingerprint density at radius 1 is 1.50 bits per heavy atom. The summed E-state index contributed by atoms with van der Waals surface area (Å²) in [4.78, 5) is 23.5. The lowest BCUT2D eigenvalue weighted by Gasteiger charge is -2.28. The van der Waals surface area contributed by atoms with Crippen LogP contribution in [0.3, 0.4) is 0 Å². The van der Waals surface area contributed by atoms with Crippen molar-refractivity contribution in [3.8, 4) is 11.8 Å². The van der Waals surface area contributed by atoms with Crippen molar-refractivity contribution in [3.63, 3.8) is 0 Å². The third-order valence-electron chi connectivity index (χ3n) is 3.83. The summed E-state index contributed by atoms with van der Waals surface area (Å²) in [5.41, 5.74) is 1.29. The number of Topliss-reactive ketones (excluding diaryl/α,β-unsaturated/α-hetero) is 2. The molecule has 0 aromatic heterocycles. The summed E-state index contributed by atoms with van der Waals surface area (Å²) < 4.78 is 5.49. The molecule has 114 valence electrons. The smallest absolute Gasteiger partial charge is 0.526 e. The van der Waals surface area contributed by atoms with Crippen LogP contribution < -0.4 is 4.65 Å². The van der Waals surface area contributed by atoms with Gasteiger partial charge in [-0.25, -0.2) is 0 Å². The summed E-state index contributed by atoms with van der Waals surface area (Å²) >= 11 is 0. The molecule has 6 heteroatoms. The number of hydrogen-bond donors (Lipinski definition) is 1. The van der Waals surface area contributed by atoms with Gasteiger partial charge in [-0.2, -0.15) is 5.26 Å². The van der Waals surface area contributed by atoms with E-state index in [0.717, 1.165) is 5.56 Å². The van der Waals surface area contributed by atoms with E-state index in [0.29, 0.717) is 37.0 Å². The second kappa shape index (κ2) is 7.23. The second-order valence-electron chi connectivity index (χ2n) is 5.58. The molecule has 5 nitrogen and oxygen atoms in total. The van der Waals surface area contributed by atoms with Crippen molar-refractivity contribution in [2.24, 2.45) is 0 Å². The second-order valence-corrected chi connectivity index (χ2v) is 5.58. The van der Waals surface area contributed by atoms with E-state index in [-0.39, 0.29) is 23.8 Å². The first-order chi connectivity index (χ1) is 10.5. The van der Waals surface area contributed by atoms with Crippen LogP contribution in [0.1, 0.15) is 48.5 Å². The predicted molar refractivity (Wildman–Crippen MR) is 81.6 cm³/mol. The molecule has 0 spiro atoms. The number of hydrogen-bond acceptors (Lipinski definition) is 5. The summed E-state index contributed by atoms with van der Waals surface area (Å²) in [7, 11) is -1.09. The Hall–Kier alpha value is -2.13. The highest BCUT2D eigenvalue weighted by Gasteiger charge is 2.37. The molecule has 1 N–H and O–H groups in total. The molecule has 22 heavy (non-hydrogen) atoms. The van der Waals surface area contributed by atoms with Crippen molar-refractivity contribution in [2.45, 2.75) is 44.8 Å². The highest BCUT2D eigenvalue weighted by Crippen LogP contribution is 2.36. The normalized spacial score (nSPS) is 16.4. The van der Waals surface area contributed by atoms with Crippen molar-refractivity contribution in [3.05, 3.63) is 29.3 Å². The maximum Gasteiger partial charge on any atom is 0.526 e. The average molecular weight is 299 g/mol. The molecule has 1 aliphatic heterocycles. The lowest BCUT2D eigenvalue weighted by molar-refractivity contribution is -0.119. The molecule has 1 aromatic rings. The zero-order valence-corrected chi connectivity index (χ0v) is 12.5. The van der Waals surface area contributed by atoms with Crippen molar-refractivity contribution >= 4 is 18.7 Å². The third kappa shape index (κ3) is 3.74. The summed E-state index contributed by atoms with van der Waals surface area (Å²) in [5, 5.41) is 18.6. The SMILES string of the molecule is CC(=O)c1cccc2c1OB(O)[C@@H](CC(=O)CCCC#N)C2. The van der Waals surface area contributed by atoms with Gasteiger partial charge >= 0.3 is 7.12 Å². The van der Waals surface area contributed by atoms with E-state index in [1.54, 1.807) is 12.1 Å². The van der Waals surface area contributed by atoms with Gasteiger partial charge in [0.1, 0.15) is 11.5 Å². The van der Waals surface area contributed by atoms with Crippen LogP contribution in [0.5, 0.6) is 5.75 Å². The number of nitrogens with zero attached hydrogens (tertiary/aromatic N) is 1. The zero-order valence-electron chi connectivity index (χ0n) is 12.5. The van der Waals surface area contributed by atoms with Crippen LogP contribution in [0.25, 0.3) is 0 Å². The van der Waals surface area contributed by atoms with E-state index in [9.17, 15) is 14.6 Å². The molecule has 1 aliphatic rings. The number of carbonyl (C=O) groups is 2. The van der Waals surface area contributed by atoms with E-state index in [1.165, 1.54) is 6.92 Å². The quantitative estimate of drug-likeness (QED) is 0.495. The number of para-hydroxylation sites is 1. The van der Waals surface area contributed by atoms with Gasteiger partial charge in [0.15, 0.2) is 5.78 Å². The largest absolute Gasteiger partial charge is 0.535 e. The molecular weight excluding hydrogens is 281 g/mol. The molecule has 0 bridgehead atoms. The van der Waals surface area contributed by atoms with E-state index >= 15 is 0 Å². The van der Waals surface area contributed by atoms with Crippen LogP contribution in [-0.2, 0) is 11.2 Å². The summed E-state index contributed by atoms with van der Waals surface area (Å²) in [6.45, 7) is 1.45. The van der Waals surface area contributed by atoms with E-state index in [4.69, 9.17) is 9.92 Å². The Morgan fingerprint density at radius 3 is 2.95 bits per heavy atom. The Balaban J connectivity index is 2.06. The highest BCUT2D eigenvalue weighted by atomic mass is 16.5. The lowest BCUT2D eigenvalue weighted by atomic mass is 9.64. The van der Waals surface area contributed by atoms with Crippen LogP contribution in [0, 0.1) is 11.3 Å². The summed E-state index contributed by atoms with van der Waals surface area (Å²) in [6.07, 6.45) is 1.97. The first kappa shape index (κ1) is 16.2. The lowest BCUT2D eigenvalue weighted by Crippen LogP contribution is -2.35. The van der Waals surface area contributed by atoms with Crippen molar-refractivity contribution in [1.82, 2.24) is 0 Å². The first-order valence-electron chi connectivity index (χ1n) is 7.39. The zero-order chi connectivity index (χ0) is 16.1.